The van der Waals surface area contributed by atoms with E-state index in [0.29, 0.717) is 24.6 Å². The van der Waals surface area contributed by atoms with Crippen LogP contribution in [-0.2, 0) is 0 Å². The Morgan fingerprint density at radius 2 is 2.00 bits per heavy atom. The third-order valence-corrected chi connectivity index (χ3v) is 5.06. The van der Waals surface area contributed by atoms with Crippen molar-refractivity contribution in [3.63, 3.8) is 0 Å². The molecule has 1 saturated heterocycles. The van der Waals surface area contributed by atoms with Gasteiger partial charge in [-0.3, -0.25) is 9.69 Å². The Hall–Kier alpha value is -2.34. The Labute approximate surface area is 145 Å². The van der Waals surface area contributed by atoms with Gasteiger partial charge in [0.05, 0.1) is 6.04 Å². The van der Waals surface area contributed by atoms with Crippen LogP contribution in [0.5, 0.6) is 0 Å². The van der Waals surface area contributed by atoms with Crippen LogP contribution in [0.4, 0.5) is 10.5 Å². The highest BCUT2D eigenvalue weighted by molar-refractivity contribution is 7.10. The molecule has 0 bridgehead atoms. The number of urea groups is 1. The molecule has 1 atom stereocenters. The molecule has 1 aromatic heterocycles. The van der Waals surface area contributed by atoms with Gasteiger partial charge >= 0.3 is 6.03 Å². The molecule has 3 rings (SSSR count). The molecule has 3 amide bonds. The lowest BCUT2D eigenvalue weighted by Gasteiger charge is -2.21. The Bertz CT molecular complexity index is 710. The van der Waals surface area contributed by atoms with Gasteiger partial charge in [-0.05, 0) is 41.6 Å². The van der Waals surface area contributed by atoms with Crippen LogP contribution in [0.2, 0.25) is 0 Å². The summed E-state index contributed by atoms with van der Waals surface area (Å²) in [6, 6.07) is 11.1. The highest BCUT2D eigenvalue weighted by Crippen LogP contribution is 2.26. The molecule has 5 nitrogen and oxygen atoms in total. The Balaban J connectivity index is 1.71. The van der Waals surface area contributed by atoms with E-state index in [2.05, 4.69) is 24.5 Å². The number of hydrogen-bond acceptors (Lipinski definition) is 3. The first-order chi connectivity index (χ1) is 11.6. The average molecular weight is 343 g/mol. The highest BCUT2D eigenvalue weighted by Gasteiger charge is 2.22. The van der Waals surface area contributed by atoms with Gasteiger partial charge in [-0.2, -0.15) is 0 Å². The van der Waals surface area contributed by atoms with Gasteiger partial charge in [0.2, 0.25) is 0 Å². The van der Waals surface area contributed by atoms with Gasteiger partial charge in [-0.15, -0.1) is 11.3 Å². The zero-order valence-corrected chi connectivity index (χ0v) is 14.6. The molecule has 2 N–H and O–H groups in total. The number of benzene rings is 1. The van der Waals surface area contributed by atoms with Crippen molar-refractivity contribution in [3.8, 4) is 0 Å². The summed E-state index contributed by atoms with van der Waals surface area (Å²) in [6.07, 6.45) is 0. The molecule has 0 aliphatic carbocycles. The summed E-state index contributed by atoms with van der Waals surface area (Å²) in [4.78, 5) is 27.1. The molecular formula is C18H21N3O2S. The van der Waals surface area contributed by atoms with Crippen molar-refractivity contribution in [1.29, 1.82) is 0 Å². The van der Waals surface area contributed by atoms with Crippen LogP contribution in [-0.4, -0.2) is 25.0 Å². The fourth-order valence-electron chi connectivity index (χ4n) is 2.77. The summed E-state index contributed by atoms with van der Waals surface area (Å²) in [6.45, 7) is 5.50. The van der Waals surface area contributed by atoms with Crippen molar-refractivity contribution in [3.05, 3.63) is 52.2 Å². The van der Waals surface area contributed by atoms with Crippen molar-refractivity contribution in [2.45, 2.75) is 19.9 Å². The van der Waals surface area contributed by atoms with Crippen molar-refractivity contribution < 1.29 is 9.59 Å². The summed E-state index contributed by atoms with van der Waals surface area (Å²) in [5.74, 6) is 0.208. The fraction of sp³-hybridized carbons (Fsp3) is 0.333. The first kappa shape index (κ1) is 16.5. The number of thiophene rings is 1. The molecule has 1 aliphatic heterocycles. The Morgan fingerprint density at radius 3 is 2.54 bits per heavy atom. The number of amides is 3. The number of nitrogens with one attached hydrogen (secondary N) is 2. The molecule has 0 saturated carbocycles. The van der Waals surface area contributed by atoms with E-state index in [9.17, 15) is 9.59 Å². The van der Waals surface area contributed by atoms with Crippen LogP contribution in [0.1, 0.15) is 35.1 Å². The van der Waals surface area contributed by atoms with Crippen molar-refractivity contribution in [2.24, 2.45) is 5.92 Å². The minimum absolute atomic E-state index is 0.00142. The van der Waals surface area contributed by atoms with E-state index in [0.717, 1.165) is 10.6 Å². The van der Waals surface area contributed by atoms with Gasteiger partial charge < -0.3 is 10.6 Å². The van der Waals surface area contributed by atoms with E-state index < -0.39 is 0 Å². The third kappa shape index (κ3) is 3.43. The molecule has 2 heterocycles. The summed E-state index contributed by atoms with van der Waals surface area (Å²) in [5.41, 5.74) is 1.40. The number of anilines is 1. The van der Waals surface area contributed by atoms with E-state index in [1.807, 2.05) is 29.6 Å². The molecular weight excluding hydrogens is 322 g/mol. The molecule has 1 fully saturated rings. The van der Waals surface area contributed by atoms with Crippen LogP contribution in [0, 0.1) is 5.92 Å². The van der Waals surface area contributed by atoms with Gasteiger partial charge in [0, 0.05) is 29.2 Å². The van der Waals surface area contributed by atoms with Crippen molar-refractivity contribution in [1.82, 2.24) is 10.6 Å². The molecule has 126 valence electrons. The minimum atomic E-state index is -0.0977. The lowest BCUT2D eigenvalue weighted by Crippen LogP contribution is -2.31. The maximum absolute atomic E-state index is 12.6. The van der Waals surface area contributed by atoms with Crippen LogP contribution >= 0.6 is 11.3 Å². The zero-order chi connectivity index (χ0) is 17.1. The normalized spacial score (nSPS) is 15.5. The predicted molar refractivity (Wildman–Crippen MR) is 96.6 cm³/mol. The summed E-state index contributed by atoms with van der Waals surface area (Å²) in [5, 5.41) is 7.90. The lowest BCUT2D eigenvalue weighted by molar-refractivity contribution is 0.0926. The Kier molecular flexibility index (Phi) is 4.85. The maximum atomic E-state index is 12.6. The van der Waals surface area contributed by atoms with E-state index in [1.165, 1.54) is 0 Å². The van der Waals surface area contributed by atoms with Crippen LogP contribution in [0.3, 0.4) is 0 Å². The van der Waals surface area contributed by atoms with Gasteiger partial charge in [0.25, 0.3) is 5.91 Å². The monoisotopic (exact) mass is 343 g/mol. The quantitative estimate of drug-likeness (QED) is 0.874. The summed E-state index contributed by atoms with van der Waals surface area (Å²) < 4.78 is 0. The van der Waals surface area contributed by atoms with Gasteiger partial charge in [-0.1, -0.05) is 19.9 Å². The smallest absolute Gasteiger partial charge is 0.321 e. The predicted octanol–water partition coefficient (Wildman–Crippen LogP) is 3.40. The molecule has 1 aromatic carbocycles. The Morgan fingerprint density at radius 1 is 1.25 bits per heavy atom. The molecule has 1 aliphatic rings. The number of rotatable bonds is 5. The molecule has 6 heteroatoms. The van der Waals surface area contributed by atoms with Crippen LogP contribution in [0.15, 0.2) is 41.8 Å². The summed E-state index contributed by atoms with van der Waals surface area (Å²) in [7, 11) is 0. The van der Waals surface area contributed by atoms with Crippen LogP contribution in [0.25, 0.3) is 0 Å². The molecule has 2 aromatic rings. The standard InChI is InChI=1S/C18H21N3O2S/c1-12(2)16(15-4-3-11-24-15)20-17(22)13-5-7-14(8-6-13)21-10-9-19-18(21)23/h3-8,11-12,16H,9-10H2,1-2H3,(H,19,23)(H,20,22)/t16-/m0/s1. The fourth-order valence-corrected chi connectivity index (χ4v) is 3.72. The first-order valence-corrected chi connectivity index (χ1v) is 8.94. The molecule has 0 unspecified atom stereocenters. The molecule has 0 radical (unpaired) electrons. The van der Waals surface area contributed by atoms with Gasteiger partial charge in [0.1, 0.15) is 0 Å². The summed E-state index contributed by atoms with van der Waals surface area (Å²) >= 11 is 1.65. The third-order valence-electron chi connectivity index (χ3n) is 4.10. The maximum Gasteiger partial charge on any atom is 0.321 e. The number of carbonyl (C=O) groups excluding carboxylic acids is 2. The average Bonchev–Trinajstić information content (AvgIpc) is 3.24. The van der Waals surface area contributed by atoms with Gasteiger partial charge in [0.15, 0.2) is 0 Å². The highest BCUT2D eigenvalue weighted by atomic mass is 32.1. The van der Waals surface area contributed by atoms with Crippen molar-refractivity contribution >= 4 is 29.0 Å². The lowest BCUT2D eigenvalue weighted by atomic mass is 10.0. The van der Waals surface area contributed by atoms with E-state index >= 15 is 0 Å². The van der Waals surface area contributed by atoms with E-state index in [-0.39, 0.29) is 18.0 Å². The first-order valence-electron chi connectivity index (χ1n) is 8.06. The second kappa shape index (κ2) is 7.05. The van der Waals surface area contributed by atoms with Crippen LogP contribution < -0.4 is 15.5 Å². The molecule has 24 heavy (non-hydrogen) atoms. The number of hydrogen-bond donors (Lipinski definition) is 2. The minimum Gasteiger partial charge on any atom is -0.344 e. The SMILES string of the molecule is CC(C)[C@H](NC(=O)c1ccc(N2CCNC2=O)cc1)c1cccs1. The number of carbonyl (C=O) groups is 2. The van der Waals surface area contributed by atoms with E-state index in [4.69, 9.17) is 0 Å². The van der Waals surface area contributed by atoms with E-state index in [1.54, 1.807) is 28.4 Å². The second-order valence-corrected chi connectivity index (χ2v) is 7.12. The topological polar surface area (TPSA) is 61.4 Å². The van der Waals surface area contributed by atoms with Gasteiger partial charge in [-0.25, -0.2) is 4.79 Å². The largest absolute Gasteiger partial charge is 0.344 e. The zero-order valence-electron chi connectivity index (χ0n) is 13.8. The van der Waals surface area contributed by atoms with Crippen molar-refractivity contribution in [2.75, 3.05) is 18.0 Å². The second-order valence-electron chi connectivity index (χ2n) is 6.14. The number of nitrogens with zero attached hydrogens (tertiary/aromatic N) is 1. The molecule has 0 spiro atoms.